The van der Waals surface area contributed by atoms with Crippen molar-refractivity contribution in [3.05, 3.63) is 10.7 Å². The third kappa shape index (κ3) is 1.07. The predicted octanol–water partition coefficient (Wildman–Crippen LogP) is 0.863. The molecule has 1 unspecified atom stereocenters. The third-order valence-corrected chi connectivity index (χ3v) is 2.36. The summed E-state index contributed by atoms with van der Waals surface area (Å²) in [4.78, 5) is 10.7. The van der Waals surface area contributed by atoms with E-state index < -0.39 is 12.0 Å². The fourth-order valence-electron chi connectivity index (χ4n) is 1.25. The molecule has 0 aliphatic carbocycles. The van der Waals surface area contributed by atoms with E-state index >= 15 is 0 Å². The molecule has 2 rings (SSSR count). The van der Waals surface area contributed by atoms with Crippen molar-refractivity contribution in [2.75, 3.05) is 6.61 Å². The van der Waals surface area contributed by atoms with Crippen LogP contribution in [0.1, 0.15) is 11.7 Å². The summed E-state index contributed by atoms with van der Waals surface area (Å²) in [7, 11) is 0. The number of hydrogen-bond donors (Lipinski definition) is 1. The average Bonchev–Trinajstić information content (AvgIpc) is 2.55. The maximum Gasteiger partial charge on any atom is 0.332 e. The molecule has 2 heterocycles. The van der Waals surface area contributed by atoms with Gasteiger partial charge in [-0.05, 0) is 6.92 Å². The summed E-state index contributed by atoms with van der Waals surface area (Å²) < 4.78 is 6.42. The van der Waals surface area contributed by atoms with Crippen molar-refractivity contribution in [2.24, 2.45) is 0 Å². The lowest BCUT2D eigenvalue weighted by molar-refractivity contribution is -0.141. The van der Waals surface area contributed by atoms with Gasteiger partial charge in [0.15, 0.2) is 6.04 Å². The summed E-state index contributed by atoms with van der Waals surface area (Å²) in [6.45, 7) is 1.80. The molecule has 5 nitrogen and oxygen atoms in total. The molecule has 0 radical (unpaired) electrons. The molecule has 0 saturated carbocycles. The van der Waals surface area contributed by atoms with Gasteiger partial charge >= 0.3 is 5.97 Å². The van der Waals surface area contributed by atoms with Gasteiger partial charge < -0.3 is 9.84 Å². The van der Waals surface area contributed by atoms with Crippen molar-refractivity contribution < 1.29 is 14.6 Å². The average molecular weight is 203 g/mol. The first-order valence-corrected chi connectivity index (χ1v) is 4.09. The molecule has 1 aliphatic rings. The minimum Gasteiger partial charge on any atom is -0.480 e. The van der Waals surface area contributed by atoms with Crippen molar-refractivity contribution in [2.45, 2.75) is 13.0 Å². The zero-order valence-corrected chi connectivity index (χ0v) is 7.58. The number of hydrogen-bond acceptors (Lipinski definition) is 3. The van der Waals surface area contributed by atoms with Crippen LogP contribution in [0.4, 0.5) is 0 Å². The number of carboxylic acids is 1. The number of halogens is 1. The van der Waals surface area contributed by atoms with Gasteiger partial charge in [-0.2, -0.15) is 5.10 Å². The molecule has 1 aromatic rings. The lowest BCUT2D eigenvalue weighted by Crippen LogP contribution is -2.19. The molecule has 6 heteroatoms. The Morgan fingerprint density at radius 2 is 2.54 bits per heavy atom. The summed E-state index contributed by atoms with van der Waals surface area (Å²) >= 11 is 5.82. The standard InChI is InChI=1S/C7H7ClN2O3/c1-3-5(8)6-10(9-3)4(2-13-6)7(11)12/h4H,2H2,1H3,(H,11,12). The molecule has 0 bridgehead atoms. The van der Waals surface area contributed by atoms with Crippen LogP contribution in [-0.4, -0.2) is 27.5 Å². The highest BCUT2D eigenvalue weighted by Gasteiger charge is 2.33. The molecule has 0 fully saturated rings. The summed E-state index contributed by atoms with van der Waals surface area (Å²) in [5, 5.41) is 13.1. The largest absolute Gasteiger partial charge is 0.480 e. The van der Waals surface area contributed by atoms with Crippen LogP contribution in [0.5, 0.6) is 5.88 Å². The number of nitrogens with zero attached hydrogens (tertiary/aromatic N) is 2. The summed E-state index contributed by atoms with van der Waals surface area (Å²) in [5.41, 5.74) is 0.586. The molecular formula is C7H7ClN2O3. The van der Waals surface area contributed by atoms with Crippen LogP contribution in [-0.2, 0) is 4.79 Å². The zero-order chi connectivity index (χ0) is 9.59. The Bertz CT molecular complexity index is 374. The van der Waals surface area contributed by atoms with E-state index in [1.807, 2.05) is 0 Å². The van der Waals surface area contributed by atoms with Crippen LogP contribution >= 0.6 is 11.6 Å². The van der Waals surface area contributed by atoms with E-state index in [2.05, 4.69) is 5.10 Å². The monoisotopic (exact) mass is 202 g/mol. The van der Waals surface area contributed by atoms with E-state index in [-0.39, 0.29) is 6.61 Å². The van der Waals surface area contributed by atoms with E-state index in [1.54, 1.807) is 6.92 Å². The van der Waals surface area contributed by atoms with Crippen LogP contribution in [0.3, 0.4) is 0 Å². The SMILES string of the molecule is Cc1nn2c(c1Cl)OCC2C(=O)O. The highest BCUT2D eigenvalue weighted by atomic mass is 35.5. The summed E-state index contributed by atoms with van der Waals surface area (Å²) in [6.07, 6.45) is 0. The van der Waals surface area contributed by atoms with Gasteiger partial charge in [-0.15, -0.1) is 0 Å². The van der Waals surface area contributed by atoms with E-state index in [0.717, 1.165) is 0 Å². The second-order valence-electron chi connectivity index (χ2n) is 2.81. The number of rotatable bonds is 1. The van der Waals surface area contributed by atoms with Crippen LogP contribution in [0.2, 0.25) is 5.02 Å². The second-order valence-corrected chi connectivity index (χ2v) is 3.19. The molecule has 0 amide bonds. The quantitative estimate of drug-likeness (QED) is 0.734. The van der Waals surface area contributed by atoms with Crippen molar-refractivity contribution in [1.29, 1.82) is 0 Å². The highest BCUT2D eigenvalue weighted by Crippen LogP contribution is 2.34. The van der Waals surface area contributed by atoms with E-state index in [1.165, 1.54) is 4.68 Å². The third-order valence-electron chi connectivity index (χ3n) is 1.93. The fourth-order valence-corrected chi connectivity index (χ4v) is 1.43. The van der Waals surface area contributed by atoms with Gasteiger partial charge in [0.05, 0.1) is 5.69 Å². The van der Waals surface area contributed by atoms with Gasteiger partial charge in [0.25, 0.3) is 0 Å². The van der Waals surface area contributed by atoms with Gasteiger partial charge in [-0.1, -0.05) is 11.6 Å². The van der Waals surface area contributed by atoms with E-state index in [4.69, 9.17) is 21.4 Å². The number of fused-ring (bicyclic) bond motifs is 1. The molecular weight excluding hydrogens is 196 g/mol. The molecule has 0 spiro atoms. The van der Waals surface area contributed by atoms with Crippen LogP contribution in [0.25, 0.3) is 0 Å². The molecule has 1 aromatic heterocycles. The van der Waals surface area contributed by atoms with Crippen LogP contribution < -0.4 is 4.74 Å². The van der Waals surface area contributed by atoms with Gasteiger partial charge in [-0.25, -0.2) is 9.48 Å². The summed E-state index contributed by atoms with van der Waals surface area (Å²) in [6, 6.07) is -0.749. The Kier molecular flexibility index (Phi) is 1.69. The van der Waals surface area contributed by atoms with Gasteiger partial charge in [0, 0.05) is 0 Å². The molecule has 13 heavy (non-hydrogen) atoms. The Hall–Kier alpha value is -1.23. The molecule has 0 saturated heterocycles. The van der Waals surface area contributed by atoms with Gasteiger partial charge in [-0.3, -0.25) is 0 Å². The molecule has 1 aliphatic heterocycles. The molecule has 0 aromatic carbocycles. The number of aliphatic carboxylic acids is 1. The first-order valence-electron chi connectivity index (χ1n) is 3.71. The van der Waals surface area contributed by atoms with Crippen LogP contribution in [0.15, 0.2) is 0 Å². The maximum atomic E-state index is 10.7. The van der Waals surface area contributed by atoms with Gasteiger partial charge in [0.1, 0.15) is 11.6 Å². The normalized spacial score (nSPS) is 19.7. The van der Waals surface area contributed by atoms with Crippen molar-refractivity contribution >= 4 is 17.6 Å². The van der Waals surface area contributed by atoms with E-state index in [0.29, 0.717) is 16.6 Å². The first kappa shape index (κ1) is 8.37. The zero-order valence-electron chi connectivity index (χ0n) is 6.82. The fraction of sp³-hybridized carbons (Fsp3) is 0.429. The second kappa shape index (κ2) is 2.63. The predicted molar refractivity (Wildman–Crippen MR) is 44.1 cm³/mol. The Morgan fingerprint density at radius 3 is 3.15 bits per heavy atom. The smallest absolute Gasteiger partial charge is 0.332 e. The maximum absolute atomic E-state index is 10.7. The molecule has 70 valence electrons. The lowest BCUT2D eigenvalue weighted by atomic mass is 10.3. The number of aromatic nitrogens is 2. The van der Waals surface area contributed by atoms with Crippen molar-refractivity contribution in [3.63, 3.8) is 0 Å². The Morgan fingerprint density at radius 1 is 1.85 bits per heavy atom. The minimum absolute atomic E-state index is 0.0949. The number of carboxylic acid groups (broad SMARTS) is 1. The van der Waals surface area contributed by atoms with Crippen molar-refractivity contribution in [3.8, 4) is 5.88 Å². The van der Waals surface area contributed by atoms with E-state index in [9.17, 15) is 4.79 Å². The van der Waals surface area contributed by atoms with Crippen LogP contribution in [0, 0.1) is 6.92 Å². The Labute approximate surface area is 78.9 Å². The topological polar surface area (TPSA) is 64.4 Å². The minimum atomic E-state index is -0.960. The highest BCUT2D eigenvalue weighted by molar-refractivity contribution is 6.32. The molecule has 1 atom stereocenters. The summed E-state index contributed by atoms with van der Waals surface area (Å²) in [5.74, 6) is -0.607. The van der Waals surface area contributed by atoms with Gasteiger partial charge in [0.2, 0.25) is 5.88 Å². The number of ether oxygens (including phenoxy) is 1. The number of carbonyl (C=O) groups is 1. The first-order chi connectivity index (χ1) is 6.11. The number of aryl methyl sites for hydroxylation is 1. The lowest BCUT2D eigenvalue weighted by Gasteiger charge is -2.00. The Balaban J connectivity index is 2.48. The van der Waals surface area contributed by atoms with Crippen molar-refractivity contribution in [1.82, 2.24) is 9.78 Å². The molecule has 1 N–H and O–H groups in total.